The largest absolute Gasteiger partial charge is 0.486 e. The lowest BCUT2D eigenvalue weighted by atomic mass is 10.1. The van der Waals surface area contributed by atoms with Crippen molar-refractivity contribution in [1.29, 1.82) is 0 Å². The molecule has 2 atom stereocenters. The summed E-state index contributed by atoms with van der Waals surface area (Å²) < 4.78 is 37.6. The van der Waals surface area contributed by atoms with Crippen LogP contribution in [0, 0.1) is 0 Å². The summed E-state index contributed by atoms with van der Waals surface area (Å²) in [6.07, 6.45) is 1.85. The zero-order valence-electron chi connectivity index (χ0n) is 16.7. The molecule has 1 amide bonds. The molecule has 2 aromatic carbocycles. The number of nitrogens with zero attached hydrogens (tertiary/aromatic N) is 2. The molecule has 29 heavy (non-hydrogen) atoms. The van der Waals surface area contributed by atoms with Crippen molar-refractivity contribution in [2.24, 2.45) is 0 Å². The third kappa shape index (κ3) is 3.53. The minimum atomic E-state index is -3.72. The van der Waals surface area contributed by atoms with Crippen LogP contribution < -0.4 is 18.7 Å². The van der Waals surface area contributed by atoms with E-state index < -0.39 is 16.1 Å². The Morgan fingerprint density at radius 3 is 2.55 bits per heavy atom. The lowest BCUT2D eigenvalue weighted by Gasteiger charge is -2.33. The van der Waals surface area contributed by atoms with Gasteiger partial charge in [0.2, 0.25) is 10.0 Å². The van der Waals surface area contributed by atoms with E-state index in [1.54, 1.807) is 30.0 Å². The summed E-state index contributed by atoms with van der Waals surface area (Å²) in [5, 5.41) is 0. The molecule has 0 spiro atoms. The Hall–Kier alpha value is -2.74. The van der Waals surface area contributed by atoms with E-state index >= 15 is 0 Å². The summed E-state index contributed by atoms with van der Waals surface area (Å²) in [6.45, 7) is 4.43. The van der Waals surface area contributed by atoms with Crippen molar-refractivity contribution in [2.45, 2.75) is 32.4 Å². The Bertz CT molecular complexity index is 1050. The molecule has 0 unspecified atom stereocenters. The first kappa shape index (κ1) is 19.6. The fraction of sp³-hybridized carbons (Fsp3) is 0.381. The molecule has 7 nitrogen and oxygen atoms in total. The van der Waals surface area contributed by atoms with Gasteiger partial charge in [0.25, 0.3) is 5.91 Å². The smallest absolute Gasteiger partial charge is 0.250 e. The quantitative estimate of drug-likeness (QED) is 0.766. The Kier molecular flexibility index (Phi) is 4.90. The van der Waals surface area contributed by atoms with Crippen LogP contribution in [0.25, 0.3) is 0 Å². The maximum Gasteiger partial charge on any atom is 0.250 e. The van der Waals surface area contributed by atoms with Gasteiger partial charge in [0, 0.05) is 17.8 Å². The molecular formula is C21H24N2O5S. The van der Waals surface area contributed by atoms with Crippen LogP contribution in [0.2, 0.25) is 0 Å². The predicted molar refractivity (Wildman–Crippen MR) is 111 cm³/mol. The summed E-state index contributed by atoms with van der Waals surface area (Å²) in [6, 6.07) is 11.7. The normalized spacial score (nSPS) is 18.9. The van der Waals surface area contributed by atoms with E-state index in [0.29, 0.717) is 30.4 Å². The van der Waals surface area contributed by atoms with Gasteiger partial charge >= 0.3 is 0 Å². The van der Waals surface area contributed by atoms with Crippen LogP contribution in [0.5, 0.6) is 11.5 Å². The predicted octanol–water partition coefficient (Wildman–Crippen LogP) is 2.59. The first-order valence-electron chi connectivity index (χ1n) is 9.57. The maximum absolute atomic E-state index is 13.4. The van der Waals surface area contributed by atoms with Crippen molar-refractivity contribution in [3.63, 3.8) is 0 Å². The number of hydrogen-bond donors (Lipinski definition) is 0. The second-order valence-electron chi connectivity index (χ2n) is 7.45. The van der Waals surface area contributed by atoms with Crippen LogP contribution in [0.4, 0.5) is 11.4 Å². The highest BCUT2D eigenvalue weighted by Crippen LogP contribution is 2.37. The number of rotatable bonds is 4. The number of benzene rings is 2. The van der Waals surface area contributed by atoms with Gasteiger partial charge in [-0.3, -0.25) is 9.10 Å². The maximum atomic E-state index is 13.4. The second kappa shape index (κ2) is 7.26. The van der Waals surface area contributed by atoms with Crippen molar-refractivity contribution >= 4 is 27.3 Å². The molecule has 4 rings (SSSR count). The molecule has 8 heteroatoms. The second-order valence-corrected chi connectivity index (χ2v) is 9.31. The lowest BCUT2D eigenvalue weighted by molar-refractivity contribution is -0.119. The zero-order chi connectivity index (χ0) is 20.8. The molecular weight excluding hydrogens is 392 g/mol. The number of sulfonamides is 1. The highest BCUT2D eigenvalue weighted by Gasteiger charge is 2.38. The van der Waals surface area contributed by atoms with Gasteiger partial charge in [0.1, 0.15) is 19.3 Å². The Morgan fingerprint density at radius 1 is 1.14 bits per heavy atom. The van der Waals surface area contributed by atoms with Gasteiger partial charge in [0.05, 0.1) is 11.9 Å². The van der Waals surface area contributed by atoms with E-state index in [-0.39, 0.29) is 11.9 Å². The minimum absolute atomic E-state index is 0.0379. The van der Waals surface area contributed by atoms with Crippen LogP contribution >= 0.6 is 0 Å². The topological polar surface area (TPSA) is 76.2 Å². The third-order valence-electron chi connectivity index (χ3n) is 5.29. The SMILES string of the molecule is C[C@H]1Cc2ccccc2N1C(=O)[C@H](C)N(c1ccc2c(c1)OCCO2)S(C)(=O)=O. The Balaban J connectivity index is 1.70. The average molecular weight is 416 g/mol. The summed E-state index contributed by atoms with van der Waals surface area (Å²) in [7, 11) is -3.72. The summed E-state index contributed by atoms with van der Waals surface area (Å²) in [5.41, 5.74) is 2.30. The number of carbonyl (C=O) groups is 1. The molecule has 2 aliphatic rings. The molecule has 0 bridgehead atoms. The first-order chi connectivity index (χ1) is 13.8. The van der Waals surface area contributed by atoms with Gasteiger partial charge in [-0.15, -0.1) is 0 Å². The standard InChI is InChI=1S/C21H24N2O5S/c1-14-12-16-6-4-5-7-18(16)22(14)21(24)15(2)23(29(3,25)26)17-8-9-19-20(13-17)28-11-10-27-19/h4-9,13-15H,10-12H2,1-3H3/t14-,15-/m0/s1. The molecule has 0 radical (unpaired) electrons. The number of para-hydroxylation sites is 1. The fourth-order valence-corrected chi connectivity index (χ4v) is 5.24. The minimum Gasteiger partial charge on any atom is -0.486 e. The molecule has 0 saturated heterocycles. The number of carbonyl (C=O) groups excluding carboxylic acids is 1. The number of hydrogen-bond acceptors (Lipinski definition) is 5. The van der Waals surface area contributed by atoms with Crippen LogP contribution in [-0.2, 0) is 21.2 Å². The molecule has 154 valence electrons. The zero-order valence-corrected chi connectivity index (χ0v) is 17.5. The summed E-state index contributed by atoms with van der Waals surface area (Å²) in [4.78, 5) is 15.1. The molecule has 2 aromatic rings. The van der Waals surface area contributed by atoms with Gasteiger partial charge in [-0.2, -0.15) is 0 Å². The number of ether oxygens (including phenoxy) is 2. The van der Waals surface area contributed by atoms with Crippen molar-refractivity contribution in [2.75, 3.05) is 28.7 Å². The van der Waals surface area contributed by atoms with Crippen LogP contribution in [0.15, 0.2) is 42.5 Å². The number of fused-ring (bicyclic) bond motifs is 2. The van der Waals surface area contributed by atoms with E-state index in [2.05, 4.69) is 0 Å². The number of amides is 1. The van der Waals surface area contributed by atoms with Gasteiger partial charge in [-0.25, -0.2) is 8.42 Å². The summed E-state index contributed by atoms with van der Waals surface area (Å²) in [5.74, 6) is 0.777. The van der Waals surface area contributed by atoms with Gasteiger partial charge in [-0.1, -0.05) is 18.2 Å². The fourth-order valence-electron chi connectivity index (χ4n) is 4.07. The van der Waals surface area contributed by atoms with E-state index in [0.717, 1.165) is 28.2 Å². The van der Waals surface area contributed by atoms with Crippen LogP contribution in [0.3, 0.4) is 0 Å². The Labute approximate surface area is 170 Å². The summed E-state index contributed by atoms with van der Waals surface area (Å²) >= 11 is 0. The molecule has 0 fully saturated rings. The van der Waals surface area contributed by atoms with Gasteiger partial charge in [0.15, 0.2) is 11.5 Å². The number of anilines is 2. The van der Waals surface area contributed by atoms with Crippen molar-refractivity contribution in [3.05, 3.63) is 48.0 Å². The molecule has 0 N–H and O–H groups in total. The van der Waals surface area contributed by atoms with E-state index in [9.17, 15) is 13.2 Å². The van der Waals surface area contributed by atoms with Crippen molar-refractivity contribution in [3.8, 4) is 11.5 Å². The third-order valence-corrected chi connectivity index (χ3v) is 6.53. The van der Waals surface area contributed by atoms with E-state index in [1.807, 2.05) is 31.2 Å². The van der Waals surface area contributed by atoms with Crippen molar-refractivity contribution in [1.82, 2.24) is 0 Å². The Morgan fingerprint density at radius 2 is 1.83 bits per heavy atom. The van der Waals surface area contributed by atoms with Gasteiger partial charge < -0.3 is 14.4 Å². The molecule has 2 heterocycles. The first-order valence-corrected chi connectivity index (χ1v) is 11.4. The molecule has 2 aliphatic heterocycles. The lowest BCUT2D eigenvalue weighted by Crippen LogP contribution is -2.51. The van der Waals surface area contributed by atoms with E-state index in [4.69, 9.17) is 9.47 Å². The highest BCUT2D eigenvalue weighted by atomic mass is 32.2. The molecule has 0 aromatic heterocycles. The molecule has 0 saturated carbocycles. The van der Waals surface area contributed by atoms with E-state index in [1.165, 1.54) is 0 Å². The highest BCUT2D eigenvalue weighted by molar-refractivity contribution is 7.92. The average Bonchev–Trinajstić information content (AvgIpc) is 3.02. The molecule has 0 aliphatic carbocycles. The van der Waals surface area contributed by atoms with Crippen molar-refractivity contribution < 1.29 is 22.7 Å². The van der Waals surface area contributed by atoms with Gasteiger partial charge in [-0.05, 0) is 44.0 Å². The van der Waals surface area contributed by atoms with Crippen LogP contribution in [0.1, 0.15) is 19.4 Å². The monoisotopic (exact) mass is 416 g/mol. The van der Waals surface area contributed by atoms with Crippen LogP contribution in [-0.4, -0.2) is 45.9 Å².